The van der Waals surface area contributed by atoms with Crippen LogP contribution in [0.25, 0.3) is 10.4 Å². The molecular formula is C20H16OS. The molecule has 0 amide bonds. The van der Waals surface area contributed by atoms with Crippen molar-refractivity contribution >= 4 is 11.3 Å². The molecule has 2 aromatic carbocycles. The van der Waals surface area contributed by atoms with Gasteiger partial charge < -0.3 is 4.74 Å². The number of ether oxygens (including phenoxy) is 1. The molecule has 0 radical (unpaired) electrons. The lowest BCUT2D eigenvalue weighted by Crippen LogP contribution is -1.90. The van der Waals surface area contributed by atoms with E-state index in [0.717, 1.165) is 16.2 Å². The van der Waals surface area contributed by atoms with Gasteiger partial charge in [0, 0.05) is 10.4 Å². The van der Waals surface area contributed by atoms with Crippen LogP contribution in [0.4, 0.5) is 0 Å². The molecular weight excluding hydrogens is 288 g/mol. The van der Waals surface area contributed by atoms with Crippen LogP contribution in [-0.2, 0) is 0 Å². The Hall–Kier alpha value is -2.50. The molecule has 0 atom stereocenters. The third-order valence-electron chi connectivity index (χ3n) is 3.16. The van der Waals surface area contributed by atoms with Crippen LogP contribution >= 0.6 is 11.3 Å². The van der Waals surface area contributed by atoms with E-state index in [-0.39, 0.29) is 0 Å². The van der Waals surface area contributed by atoms with Gasteiger partial charge in [-0.15, -0.1) is 11.3 Å². The number of benzene rings is 2. The standard InChI is InChI=1S/C20H16OS/c1-2-21-18-11-8-16(9-12-18)10-13-19-14-15-20(22-19)17-6-4-3-5-7-17/h3-9,11-12,14-15H,2H2,1H3. The molecule has 0 aliphatic heterocycles. The van der Waals surface area contributed by atoms with Gasteiger partial charge in [-0.3, -0.25) is 0 Å². The van der Waals surface area contributed by atoms with Crippen molar-refractivity contribution < 1.29 is 4.74 Å². The SMILES string of the molecule is CCOc1ccc(C#Cc2ccc(-c3ccccc3)s2)cc1. The lowest BCUT2D eigenvalue weighted by molar-refractivity contribution is 0.340. The fourth-order valence-electron chi connectivity index (χ4n) is 2.10. The highest BCUT2D eigenvalue weighted by molar-refractivity contribution is 7.16. The van der Waals surface area contributed by atoms with Gasteiger partial charge in [0.05, 0.1) is 11.5 Å². The summed E-state index contributed by atoms with van der Waals surface area (Å²) in [5, 5.41) is 0. The predicted octanol–water partition coefficient (Wildman–Crippen LogP) is 5.21. The normalized spacial score (nSPS) is 9.86. The van der Waals surface area contributed by atoms with E-state index >= 15 is 0 Å². The van der Waals surface area contributed by atoms with Crippen molar-refractivity contribution in [3.8, 4) is 28.0 Å². The zero-order valence-corrected chi connectivity index (χ0v) is 13.2. The minimum absolute atomic E-state index is 0.683. The highest BCUT2D eigenvalue weighted by atomic mass is 32.1. The van der Waals surface area contributed by atoms with Crippen molar-refractivity contribution in [2.24, 2.45) is 0 Å². The molecule has 0 saturated heterocycles. The summed E-state index contributed by atoms with van der Waals surface area (Å²) >= 11 is 1.72. The molecule has 108 valence electrons. The van der Waals surface area contributed by atoms with Crippen LogP contribution in [-0.4, -0.2) is 6.61 Å². The van der Waals surface area contributed by atoms with Crippen molar-refractivity contribution in [1.82, 2.24) is 0 Å². The summed E-state index contributed by atoms with van der Waals surface area (Å²) in [5.74, 6) is 7.31. The van der Waals surface area contributed by atoms with E-state index in [9.17, 15) is 0 Å². The van der Waals surface area contributed by atoms with Crippen LogP contribution in [0, 0.1) is 11.8 Å². The Bertz CT molecular complexity index is 789. The van der Waals surface area contributed by atoms with Crippen molar-refractivity contribution in [2.45, 2.75) is 6.92 Å². The number of hydrogen-bond donors (Lipinski definition) is 0. The van der Waals surface area contributed by atoms with Crippen LogP contribution in [0.1, 0.15) is 17.4 Å². The van der Waals surface area contributed by atoms with Gasteiger partial charge in [0.15, 0.2) is 0 Å². The van der Waals surface area contributed by atoms with E-state index in [1.165, 1.54) is 10.4 Å². The van der Waals surface area contributed by atoms with Gasteiger partial charge in [-0.1, -0.05) is 42.2 Å². The van der Waals surface area contributed by atoms with E-state index < -0.39 is 0 Å². The zero-order chi connectivity index (χ0) is 15.2. The molecule has 1 aromatic heterocycles. The van der Waals surface area contributed by atoms with E-state index in [4.69, 9.17) is 4.74 Å². The highest BCUT2D eigenvalue weighted by Crippen LogP contribution is 2.27. The zero-order valence-electron chi connectivity index (χ0n) is 12.4. The monoisotopic (exact) mass is 304 g/mol. The summed E-state index contributed by atoms with van der Waals surface area (Å²) < 4.78 is 5.43. The number of thiophene rings is 1. The second-order valence-electron chi connectivity index (χ2n) is 4.74. The summed E-state index contributed by atoms with van der Waals surface area (Å²) in [6, 6.07) is 22.5. The van der Waals surface area contributed by atoms with Crippen molar-refractivity contribution in [3.63, 3.8) is 0 Å². The van der Waals surface area contributed by atoms with Crippen LogP contribution in [0.3, 0.4) is 0 Å². The lowest BCUT2D eigenvalue weighted by Gasteiger charge is -2.01. The van der Waals surface area contributed by atoms with Crippen LogP contribution < -0.4 is 4.74 Å². The Morgan fingerprint density at radius 2 is 1.64 bits per heavy atom. The maximum absolute atomic E-state index is 5.43. The van der Waals surface area contributed by atoms with E-state index in [0.29, 0.717) is 6.61 Å². The smallest absolute Gasteiger partial charge is 0.119 e. The molecule has 0 bridgehead atoms. The first kappa shape index (κ1) is 14.4. The summed E-state index contributed by atoms with van der Waals surface area (Å²) in [4.78, 5) is 2.32. The van der Waals surface area contributed by atoms with E-state index in [1.807, 2.05) is 37.3 Å². The van der Waals surface area contributed by atoms with Crippen molar-refractivity contribution in [3.05, 3.63) is 77.2 Å². The number of hydrogen-bond acceptors (Lipinski definition) is 2. The molecule has 0 aliphatic carbocycles. The summed E-state index contributed by atoms with van der Waals surface area (Å²) in [6.45, 7) is 2.66. The first-order valence-corrected chi connectivity index (χ1v) is 8.07. The molecule has 0 spiro atoms. The Kier molecular flexibility index (Phi) is 4.58. The Balaban J connectivity index is 1.76. The molecule has 0 N–H and O–H groups in total. The lowest BCUT2D eigenvalue weighted by atomic mass is 10.2. The van der Waals surface area contributed by atoms with Gasteiger partial charge in [0.2, 0.25) is 0 Å². The molecule has 1 heterocycles. The van der Waals surface area contributed by atoms with Crippen LogP contribution in [0.15, 0.2) is 66.7 Å². The summed E-state index contributed by atoms with van der Waals surface area (Å²) in [7, 11) is 0. The predicted molar refractivity (Wildman–Crippen MR) is 93.3 cm³/mol. The molecule has 22 heavy (non-hydrogen) atoms. The first-order chi connectivity index (χ1) is 10.8. The first-order valence-electron chi connectivity index (χ1n) is 7.25. The van der Waals surface area contributed by atoms with E-state index in [2.05, 4.69) is 48.2 Å². The van der Waals surface area contributed by atoms with E-state index in [1.54, 1.807) is 11.3 Å². The summed E-state index contributed by atoms with van der Waals surface area (Å²) in [5.41, 5.74) is 2.24. The molecule has 1 nitrogen and oxygen atoms in total. The van der Waals surface area contributed by atoms with Gasteiger partial charge in [0.1, 0.15) is 5.75 Å². The molecule has 3 aromatic rings. The van der Waals surface area contributed by atoms with Crippen LogP contribution in [0.5, 0.6) is 5.75 Å². The van der Waals surface area contributed by atoms with Crippen molar-refractivity contribution in [2.75, 3.05) is 6.61 Å². The number of rotatable bonds is 3. The van der Waals surface area contributed by atoms with Gasteiger partial charge in [-0.2, -0.15) is 0 Å². The molecule has 0 fully saturated rings. The van der Waals surface area contributed by atoms with Gasteiger partial charge >= 0.3 is 0 Å². The highest BCUT2D eigenvalue weighted by Gasteiger charge is 2.00. The third-order valence-corrected chi connectivity index (χ3v) is 4.21. The van der Waals surface area contributed by atoms with Gasteiger partial charge in [-0.25, -0.2) is 0 Å². The minimum atomic E-state index is 0.683. The van der Waals surface area contributed by atoms with Gasteiger partial charge in [-0.05, 0) is 48.9 Å². The topological polar surface area (TPSA) is 9.23 Å². The maximum Gasteiger partial charge on any atom is 0.119 e. The quantitative estimate of drug-likeness (QED) is 0.603. The average Bonchev–Trinajstić information content (AvgIpc) is 3.04. The summed E-state index contributed by atoms with van der Waals surface area (Å²) in [6.07, 6.45) is 0. The second-order valence-corrected chi connectivity index (χ2v) is 5.82. The molecule has 3 rings (SSSR count). The largest absolute Gasteiger partial charge is 0.494 e. The average molecular weight is 304 g/mol. The maximum atomic E-state index is 5.43. The van der Waals surface area contributed by atoms with Crippen LogP contribution in [0.2, 0.25) is 0 Å². The van der Waals surface area contributed by atoms with Crippen molar-refractivity contribution in [1.29, 1.82) is 0 Å². The molecule has 0 unspecified atom stereocenters. The second kappa shape index (κ2) is 6.98. The minimum Gasteiger partial charge on any atom is -0.494 e. The Morgan fingerprint density at radius 1 is 0.864 bits per heavy atom. The third kappa shape index (κ3) is 3.58. The molecule has 0 aliphatic rings. The Labute approximate surface area is 135 Å². The fourth-order valence-corrected chi connectivity index (χ4v) is 2.96. The molecule has 2 heteroatoms. The van der Waals surface area contributed by atoms with Gasteiger partial charge in [0.25, 0.3) is 0 Å². The molecule has 0 saturated carbocycles. The Morgan fingerprint density at radius 3 is 2.36 bits per heavy atom. The fraction of sp³-hybridized carbons (Fsp3) is 0.100.